The summed E-state index contributed by atoms with van der Waals surface area (Å²) < 4.78 is 5.25. The van der Waals surface area contributed by atoms with Crippen LogP contribution >= 0.6 is 0 Å². The lowest BCUT2D eigenvalue weighted by atomic mass is 9.37. The lowest BCUT2D eigenvalue weighted by molar-refractivity contribution is -0.163. The Labute approximate surface area is 96.9 Å². The zero-order valence-corrected chi connectivity index (χ0v) is 10.6. The number of nitrogens with two attached hydrogens (primary N) is 1. The molecule has 1 atom stereocenters. The van der Waals surface area contributed by atoms with E-state index in [0.717, 1.165) is 19.3 Å². The molecule has 3 rings (SSSR count). The van der Waals surface area contributed by atoms with Crippen molar-refractivity contribution in [2.75, 3.05) is 0 Å². The maximum absolute atomic E-state index is 11.6. The van der Waals surface area contributed by atoms with E-state index in [1.807, 2.05) is 20.8 Å². The van der Waals surface area contributed by atoms with Gasteiger partial charge in [0.05, 0.1) is 0 Å². The van der Waals surface area contributed by atoms with Crippen molar-refractivity contribution < 1.29 is 9.53 Å². The molecule has 3 aliphatic rings. The Hall–Kier alpha value is -0.770. The summed E-state index contributed by atoms with van der Waals surface area (Å²) in [6.07, 6.45) is 2.73. The van der Waals surface area contributed by atoms with E-state index < -0.39 is 5.60 Å². The molecule has 3 aliphatic carbocycles. The second-order valence-electron chi connectivity index (χ2n) is 6.59. The third-order valence-corrected chi connectivity index (χ3v) is 3.80. The van der Waals surface area contributed by atoms with Gasteiger partial charge in [0, 0.05) is 11.6 Å². The number of nitrogens with one attached hydrogen (secondary N) is 1. The maximum atomic E-state index is 11.6. The second kappa shape index (κ2) is 3.13. The number of hydrogen-bond donors (Lipinski definition) is 2. The van der Waals surface area contributed by atoms with Crippen molar-refractivity contribution in [1.82, 2.24) is 5.32 Å². The van der Waals surface area contributed by atoms with Crippen LogP contribution in [0.3, 0.4) is 0 Å². The van der Waals surface area contributed by atoms with Crippen molar-refractivity contribution in [3.63, 3.8) is 0 Å². The molecule has 16 heavy (non-hydrogen) atoms. The van der Waals surface area contributed by atoms with Crippen molar-refractivity contribution in [2.24, 2.45) is 11.1 Å². The Kier molecular flexibility index (Phi) is 2.29. The molecule has 1 amide bonds. The number of amides is 1. The normalized spacial score (nSPS) is 38.1. The molecular weight excluding hydrogens is 204 g/mol. The monoisotopic (exact) mass is 226 g/mol. The third-order valence-electron chi connectivity index (χ3n) is 3.80. The summed E-state index contributed by atoms with van der Waals surface area (Å²) in [7, 11) is 0. The molecule has 0 spiro atoms. The summed E-state index contributed by atoms with van der Waals surface area (Å²) in [5.41, 5.74) is 5.79. The Morgan fingerprint density at radius 2 is 1.88 bits per heavy atom. The van der Waals surface area contributed by atoms with Crippen molar-refractivity contribution in [1.29, 1.82) is 0 Å². The maximum Gasteiger partial charge on any atom is 0.408 e. The number of carbonyl (C=O) groups excluding carboxylic acids is 1. The fraction of sp³-hybridized carbons (Fsp3) is 0.917. The molecule has 4 heteroatoms. The lowest BCUT2D eigenvalue weighted by Gasteiger charge is -2.72. The van der Waals surface area contributed by atoms with Crippen LogP contribution in [0.25, 0.3) is 0 Å². The summed E-state index contributed by atoms with van der Waals surface area (Å²) >= 11 is 0. The largest absolute Gasteiger partial charge is 0.444 e. The summed E-state index contributed by atoms with van der Waals surface area (Å²) in [5.74, 6) is 0. The molecule has 0 radical (unpaired) electrons. The molecule has 0 aromatic rings. The van der Waals surface area contributed by atoms with Crippen LogP contribution in [-0.2, 0) is 4.74 Å². The van der Waals surface area contributed by atoms with Crippen LogP contribution in [0.1, 0.15) is 47.0 Å². The molecule has 3 N–H and O–H groups in total. The number of ether oxygens (including phenoxy) is 1. The summed E-state index contributed by atoms with van der Waals surface area (Å²) in [6, 6.07) is 0.231. The van der Waals surface area contributed by atoms with Gasteiger partial charge in [0.15, 0.2) is 0 Å². The second-order valence-corrected chi connectivity index (χ2v) is 6.59. The molecular formula is C12H22N2O2. The zero-order chi connectivity index (χ0) is 12.2. The van der Waals surface area contributed by atoms with Crippen LogP contribution in [0.4, 0.5) is 4.79 Å². The summed E-state index contributed by atoms with van der Waals surface area (Å²) in [6.45, 7) is 7.67. The van der Waals surface area contributed by atoms with Gasteiger partial charge >= 0.3 is 6.09 Å². The highest BCUT2D eigenvalue weighted by atomic mass is 16.6. The van der Waals surface area contributed by atoms with Crippen LogP contribution in [0.2, 0.25) is 0 Å². The van der Waals surface area contributed by atoms with Gasteiger partial charge in [0.2, 0.25) is 0 Å². The highest BCUT2D eigenvalue weighted by Gasteiger charge is 2.69. The van der Waals surface area contributed by atoms with E-state index in [-0.39, 0.29) is 17.7 Å². The Morgan fingerprint density at radius 1 is 1.38 bits per heavy atom. The van der Waals surface area contributed by atoms with E-state index in [1.54, 1.807) is 0 Å². The average Bonchev–Trinajstić information content (AvgIpc) is 1.88. The van der Waals surface area contributed by atoms with E-state index in [0.29, 0.717) is 5.41 Å². The third kappa shape index (κ3) is 1.79. The Bertz CT molecular complexity index is 298. The molecule has 2 bridgehead atoms. The minimum Gasteiger partial charge on any atom is -0.444 e. The molecule has 3 saturated carbocycles. The first kappa shape index (κ1) is 11.7. The van der Waals surface area contributed by atoms with E-state index in [1.165, 1.54) is 0 Å². The molecule has 0 aliphatic heterocycles. The molecule has 0 aromatic carbocycles. The minimum atomic E-state index is -0.424. The van der Waals surface area contributed by atoms with Crippen LogP contribution in [0, 0.1) is 5.41 Å². The Morgan fingerprint density at radius 3 is 2.25 bits per heavy atom. The van der Waals surface area contributed by atoms with Gasteiger partial charge in [-0.25, -0.2) is 4.79 Å². The summed E-state index contributed by atoms with van der Waals surface area (Å²) in [4.78, 5) is 11.6. The fourth-order valence-corrected chi connectivity index (χ4v) is 3.00. The molecule has 0 unspecified atom stereocenters. The number of rotatable bonds is 2. The average molecular weight is 226 g/mol. The molecule has 92 valence electrons. The van der Waals surface area contributed by atoms with E-state index >= 15 is 0 Å². The lowest BCUT2D eigenvalue weighted by Crippen LogP contribution is -2.78. The highest BCUT2D eigenvalue weighted by Crippen LogP contribution is 2.68. The predicted octanol–water partition coefficient (Wildman–Crippen LogP) is 1.78. The van der Waals surface area contributed by atoms with Gasteiger partial charge < -0.3 is 15.8 Å². The standard InChI is InChI=1S/C12H22N2O2/c1-8(13)11-5-12(6-11,7-11)14-9(15)16-10(2,3)4/h8H,5-7,13H2,1-4H3,(H,14,15)/t8-,11?,12?/m0/s1. The smallest absolute Gasteiger partial charge is 0.408 e. The Balaban J connectivity index is 1.81. The first-order valence-corrected chi connectivity index (χ1v) is 5.93. The highest BCUT2D eigenvalue weighted by molar-refractivity contribution is 5.70. The number of alkyl carbamates (subject to hydrolysis) is 1. The van der Waals surface area contributed by atoms with Gasteiger partial charge in [0.1, 0.15) is 5.60 Å². The molecule has 0 heterocycles. The van der Waals surface area contributed by atoms with Crippen molar-refractivity contribution in [2.45, 2.75) is 64.1 Å². The zero-order valence-electron chi connectivity index (χ0n) is 10.6. The van der Waals surface area contributed by atoms with Gasteiger partial charge in [-0.05, 0) is 52.4 Å². The van der Waals surface area contributed by atoms with Gasteiger partial charge in [-0.2, -0.15) is 0 Å². The van der Waals surface area contributed by atoms with Crippen LogP contribution in [-0.4, -0.2) is 23.3 Å². The minimum absolute atomic E-state index is 0.00400. The molecule has 4 nitrogen and oxygen atoms in total. The summed E-state index contributed by atoms with van der Waals surface area (Å²) in [5, 5.41) is 2.98. The topological polar surface area (TPSA) is 64.3 Å². The van der Waals surface area contributed by atoms with E-state index in [4.69, 9.17) is 10.5 Å². The quantitative estimate of drug-likeness (QED) is 0.754. The molecule has 0 aromatic heterocycles. The molecule has 3 fully saturated rings. The van der Waals surface area contributed by atoms with Gasteiger partial charge in [0.25, 0.3) is 0 Å². The van der Waals surface area contributed by atoms with Gasteiger partial charge in [-0.1, -0.05) is 0 Å². The van der Waals surface area contributed by atoms with Crippen LogP contribution in [0.5, 0.6) is 0 Å². The predicted molar refractivity (Wildman–Crippen MR) is 62.0 cm³/mol. The first-order valence-electron chi connectivity index (χ1n) is 5.93. The van der Waals surface area contributed by atoms with Crippen molar-refractivity contribution in [3.8, 4) is 0 Å². The van der Waals surface area contributed by atoms with E-state index in [9.17, 15) is 4.79 Å². The van der Waals surface area contributed by atoms with Crippen molar-refractivity contribution >= 4 is 6.09 Å². The number of hydrogen-bond acceptors (Lipinski definition) is 3. The fourth-order valence-electron chi connectivity index (χ4n) is 3.00. The van der Waals surface area contributed by atoms with Crippen LogP contribution in [0.15, 0.2) is 0 Å². The SMILES string of the molecule is C[C@H](N)C12CC(NC(=O)OC(C)(C)C)(C1)C2. The van der Waals surface area contributed by atoms with E-state index in [2.05, 4.69) is 12.2 Å². The number of carbonyl (C=O) groups is 1. The van der Waals surface area contributed by atoms with Gasteiger partial charge in [-0.15, -0.1) is 0 Å². The molecule has 0 saturated heterocycles. The van der Waals surface area contributed by atoms with Crippen molar-refractivity contribution in [3.05, 3.63) is 0 Å². The van der Waals surface area contributed by atoms with Crippen LogP contribution < -0.4 is 11.1 Å². The first-order chi connectivity index (χ1) is 7.17. The van der Waals surface area contributed by atoms with Gasteiger partial charge in [-0.3, -0.25) is 0 Å².